The van der Waals surface area contributed by atoms with Gasteiger partial charge in [0.15, 0.2) is 0 Å². The van der Waals surface area contributed by atoms with Crippen molar-refractivity contribution >= 4 is 0 Å². The van der Waals surface area contributed by atoms with Crippen molar-refractivity contribution in [3.8, 4) is 5.75 Å². The minimum atomic E-state index is 0.223. The molecule has 2 fully saturated rings. The van der Waals surface area contributed by atoms with E-state index in [-0.39, 0.29) is 5.60 Å². The standard InChI is InChI=1S/C18H25NO2/c1-20-15-4-3-13-5-9-19-17(16(13)11-15)14-6-10-21-18(12-14)7-2-8-18/h3-4,11,14,17,19H,2,5-10,12H2,1H3. The highest BCUT2D eigenvalue weighted by atomic mass is 16.5. The van der Waals surface area contributed by atoms with Crippen molar-refractivity contribution < 1.29 is 9.47 Å². The van der Waals surface area contributed by atoms with Crippen LogP contribution in [0.3, 0.4) is 0 Å². The Balaban J connectivity index is 1.61. The van der Waals surface area contributed by atoms with Crippen LogP contribution in [0.2, 0.25) is 0 Å². The highest BCUT2D eigenvalue weighted by Crippen LogP contribution is 2.48. The molecule has 0 amide bonds. The van der Waals surface area contributed by atoms with E-state index in [1.165, 1.54) is 43.2 Å². The number of ether oxygens (including phenoxy) is 2. The molecule has 4 rings (SSSR count). The first-order valence-electron chi connectivity index (χ1n) is 8.34. The van der Waals surface area contributed by atoms with Crippen LogP contribution < -0.4 is 10.1 Å². The van der Waals surface area contributed by atoms with E-state index in [0.29, 0.717) is 12.0 Å². The van der Waals surface area contributed by atoms with E-state index < -0.39 is 0 Å². The van der Waals surface area contributed by atoms with Gasteiger partial charge in [-0.25, -0.2) is 0 Å². The predicted octanol–water partition coefficient (Wildman–Crippen LogP) is 3.23. The number of nitrogens with one attached hydrogen (secondary N) is 1. The fourth-order valence-electron chi connectivity index (χ4n) is 4.38. The molecule has 0 radical (unpaired) electrons. The van der Waals surface area contributed by atoms with Gasteiger partial charge in [0.2, 0.25) is 0 Å². The van der Waals surface area contributed by atoms with Crippen LogP contribution in [0.25, 0.3) is 0 Å². The Morgan fingerprint density at radius 1 is 1.33 bits per heavy atom. The Bertz CT molecular complexity index is 524. The Hall–Kier alpha value is -1.06. The summed E-state index contributed by atoms with van der Waals surface area (Å²) >= 11 is 0. The van der Waals surface area contributed by atoms with Crippen LogP contribution in [0.4, 0.5) is 0 Å². The Morgan fingerprint density at radius 2 is 2.24 bits per heavy atom. The highest BCUT2D eigenvalue weighted by molar-refractivity contribution is 5.39. The van der Waals surface area contributed by atoms with Gasteiger partial charge in [0.25, 0.3) is 0 Å². The van der Waals surface area contributed by atoms with Crippen molar-refractivity contribution in [2.75, 3.05) is 20.3 Å². The molecule has 2 unspecified atom stereocenters. The first-order valence-corrected chi connectivity index (χ1v) is 8.34. The second kappa shape index (κ2) is 5.29. The maximum Gasteiger partial charge on any atom is 0.119 e. The molecule has 2 heterocycles. The molecule has 1 spiro atoms. The van der Waals surface area contributed by atoms with Crippen LogP contribution in [0, 0.1) is 5.92 Å². The maximum atomic E-state index is 6.10. The van der Waals surface area contributed by atoms with Crippen LogP contribution in [0.15, 0.2) is 18.2 Å². The zero-order chi connectivity index (χ0) is 14.3. The number of fused-ring (bicyclic) bond motifs is 1. The van der Waals surface area contributed by atoms with Gasteiger partial charge in [0, 0.05) is 12.6 Å². The van der Waals surface area contributed by atoms with Gasteiger partial charge < -0.3 is 14.8 Å². The van der Waals surface area contributed by atoms with Crippen molar-refractivity contribution in [3.63, 3.8) is 0 Å². The van der Waals surface area contributed by atoms with Gasteiger partial charge in [-0.2, -0.15) is 0 Å². The molecular weight excluding hydrogens is 262 g/mol. The van der Waals surface area contributed by atoms with Gasteiger partial charge in [-0.05, 0) is 74.2 Å². The summed E-state index contributed by atoms with van der Waals surface area (Å²) in [6, 6.07) is 7.07. The van der Waals surface area contributed by atoms with E-state index in [0.717, 1.165) is 25.3 Å². The summed E-state index contributed by atoms with van der Waals surface area (Å²) < 4.78 is 11.5. The molecule has 1 aromatic carbocycles. The van der Waals surface area contributed by atoms with Crippen molar-refractivity contribution in [3.05, 3.63) is 29.3 Å². The molecule has 2 aliphatic heterocycles. The molecule has 0 bridgehead atoms. The first-order chi connectivity index (χ1) is 10.3. The lowest BCUT2D eigenvalue weighted by molar-refractivity contribution is -0.147. The Kier molecular flexibility index (Phi) is 3.43. The van der Waals surface area contributed by atoms with Crippen molar-refractivity contribution in [2.24, 2.45) is 5.92 Å². The summed E-state index contributed by atoms with van der Waals surface area (Å²) in [5.41, 5.74) is 3.18. The maximum absolute atomic E-state index is 6.10. The number of hydrogen-bond donors (Lipinski definition) is 1. The van der Waals surface area contributed by atoms with Crippen molar-refractivity contribution in [1.29, 1.82) is 0 Å². The van der Waals surface area contributed by atoms with E-state index >= 15 is 0 Å². The number of benzene rings is 1. The van der Waals surface area contributed by atoms with Crippen LogP contribution >= 0.6 is 0 Å². The third kappa shape index (κ3) is 2.36. The Morgan fingerprint density at radius 3 is 3.00 bits per heavy atom. The molecule has 3 heteroatoms. The summed E-state index contributed by atoms with van der Waals surface area (Å²) in [4.78, 5) is 0. The molecule has 21 heavy (non-hydrogen) atoms. The topological polar surface area (TPSA) is 30.5 Å². The molecule has 1 saturated carbocycles. The molecule has 1 aromatic rings. The second-order valence-electron chi connectivity index (χ2n) is 6.88. The first kappa shape index (κ1) is 13.6. The molecular formula is C18H25NO2. The largest absolute Gasteiger partial charge is 0.497 e. The normalized spacial score (nSPS) is 30.5. The molecule has 1 aliphatic carbocycles. The number of methoxy groups -OCH3 is 1. The highest BCUT2D eigenvalue weighted by Gasteiger charge is 2.45. The van der Waals surface area contributed by atoms with Crippen molar-refractivity contribution in [2.45, 2.75) is 50.2 Å². The minimum Gasteiger partial charge on any atom is -0.497 e. The van der Waals surface area contributed by atoms with Gasteiger partial charge in [0.05, 0.1) is 12.7 Å². The smallest absolute Gasteiger partial charge is 0.119 e. The van der Waals surface area contributed by atoms with Gasteiger partial charge in [-0.1, -0.05) is 6.07 Å². The molecule has 3 nitrogen and oxygen atoms in total. The fraction of sp³-hybridized carbons (Fsp3) is 0.667. The zero-order valence-electron chi connectivity index (χ0n) is 12.9. The zero-order valence-corrected chi connectivity index (χ0v) is 12.9. The number of rotatable bonds is 2. The van der Waals surface area contributed by atoms with Gasteiger partial charge in [-0.15, -0.1) is 0 Å². The predicted molar refractivity (Wildman–Crippen MR) is 82.7 cm³/mol. The third-order valence-electron chi connectivity index (χ3n) is 5.71. The van der Waals surface area contributed by atoms with Crippen LogP contribution in [-0.4, -0.2) is 25.9 Å². The van der Waals surface area contributed by atoms with E-state index in [2.05, 4.69) is 23.5 Å². The molecule has 114 valence electrons. The minimum absolute atomic E-state index is 0.223. The van der Waals surface area contributed by atoms with Gasteiger partial charge in [0.1, 0.15) is 5.75 Å². The molecule has 0 aromatic heterocycles. The lowest BCUT2D eigenvalue weighted by atomic mass is 9.69. The molecule has 1 saturated heterocycles. The SMILES string of the molecule is COc1ccc2c(c1)C(C1CCOC3(CCC3)C1)NCC2. The van der Waals surface area contributed by atoms with Crippen LogP contribution in [0.1, 0.15) is 49.3 Å². The summed E-state index contributed by atoms with van der Waals surface area (Å²) in [5, 5.41) is 3.77. The average Bonchev–Trinajstić information content (AvgIpc) is 2.52. The molecule has 1 N–H and O–H groups in total. The summed E-state index contributed by atoms with van der Waals surface area (Å²) in [6.45, 7) is 2.02. The van der Waals surface area contributed by atoms with Crippen LogP contribution in [0.5, 0.6) is 5.75 Å². The van der Waals surface area contributed by atoms with Crippen molar-refractivity contribution in [1.82, 2.24) is 5.32 Å². The van der Waals surface area contributed by atoms with E-state index in [1.807, 2.05) is 0 Å². The summed E-state index contributed by atoms with van der Waals surface area (Å²) in [5.74, 6) is 1.68. The molecule has 2 atom stereocenters. The van der Waals surface area contributed by atoms with Gasteiger partial charge in [-0.3, -0.25) is 0 Å². The quantitative estimate of drug-likeness (QED) is 0.906. The third-order valence-corrected chi connectivity index (χ3v) is 5.71. The van der Waals surface area contributed by atoms with Crippen LogP contribution in [-0.2, 0) is 11.2 Å². The van der Waals surface area contributed by atoms with E-state index in [9.17, 15) is 0 Å². The average molecular weight is 287 g/mol. The van der Waals surface area contributed by atoms with E-state index in [1.54, 1.807) is 7.11 Å². The molecule has 3 aliphatic rings. The monoisotopic (exact) mass is 287 g/mol. The summed E-state index contributed by atoms with van der Waals surface area (Å²) in [6.07, 6.45) is 7.40. The Labute approximate surface area is 127 Å². The lowest BCUT2D eigenvalue weighted by Crippen LogP contribution is -2.48. The summed E-state index contributed by atoms with van der Waals surface area (Å²) in [7, 11) is 1.75. The fourth-order valence-corrected chi connectivity index (χ4v) is 4.38. The number of hydrogen-bond acceptors (Lipinski definition) is 3. The van der Waals surface area contributed by atoms with E-state index in [4.69, 9.17) is 9.47 Å². The van der Waals surface area contributed by atoms with Gasteiger partial charge >= 0.3 is 0 Å². The lowest BCUT2D eigenvalue weighted by Gasteiger charge is -2.49. The second-order valence-corrected chi connectivity index (χ2v) is 6.88.